The smallest absolute Gasteiger partial charge is 0.290 e. The summed E-state index contributed by atoms with van der Waals surface area (Å²) < 4.78 is 22.9. The Bertz CT molecular complexity index is 1330. The van der Waals surface area contributed by atoms with Crippen LogP contribution in [0, 0.1) is 13.8 Å². The van der Waals surface area contributed by atoms with Crippen molar-refractivity contribution in [2.24, 2.45) is 0 Å². The van der Waals surface area contributed by atoms with Crippen LogP contribution in [0.4, 0.5) is 0 Å². The number of amides is 1. The second kappa shape index (κ2) is 10.4. The molecule has 7 heteroatoms. The number of nitrogens with zero attached hydrogens (tertiary/aromatic N) is 1. The number of aryl methyl sites for hydroxylation is 2. The largest absolute Gasteiger partial charge is 0.490 e. The van der Waals surface area contributed by atoms with Gasteiger partial charge in [0.05, 0.1) is 23.6 Å². The topological polar surface area (TPSA) is 78.2 Å². The SMILES string of the molecule is C=CCOc1ccc(C2c3c(oc4c(C)cc(C)cc4c3=O)C(=O)N2CCCOC)cc1OCC. The molecule has 0 saturated heterocycles. The molecule has 0 radical (unpaired) electrons. The molecule has 3 aromatic rings. The zero-order chi connectivity index (χ0) is 25.1. The van der Waals surface area contributed by atoms with E-state index in [0.717, 1.165) is 16.7 Å². The zero-order valence-electron chi connectivity index (χ0n) is 20.7. The van der Waals surface area contributed by atoms with Crippen LogP contribution in [0.1, 0.15) is 52.2 Å². The Balaban J connectivity index is 1.91. The van der Waals surface area contributed by atoms with Gasteiger partial charge in [0.15, 0.2) is 16.9 Å². The molecule has 1 atom stereocenters. The lowest BCUT2D eigenvalue weighted by molar-refractivity contribution is 0.0707. The normalized spacial score (nSPS) is 14.9. The van der Waals surface area contributed by atoms with E-state index in [-0.39, 0.29) is 17.1 Å². The maximum absolute atomic E-state index is 13.8. The summed E-state index contributed by atoms with van der Waals surface area (Å²) in [5.74, 6) is 0.913. The van der Waals surface area contributed by atoms with Crippen molar-refractivity contribution in [3.05, 3.63) is 81.2 Å². The summed E-state index contributed by atoms with van der Waals surface area (Å²) in [6.07, 6.45) is 2.28. The first-order valence-corrected chi connectivity index (χ1v) is 11.8. The van der Waals surface area contributed by atoms with Crippen molar-refractivity contribution in [2.45, 2.75) is 33.2 Å². The number of benzene rings is 2. The first-order chi connectivity index (χ1) is 16.9. The molecule has 1 aliphatic rings. The van der Waals surface area contributed by atoms with Crippen LogP contribution in [0.25, 0.3) is 11.0 Å². The number of carbonyl (C=O) groups excluding carboxylic acids is 1. The van der Waals surface area contributed by atoms with Crippen LogP contribution in [-0.2, 0) is 4.74 Å². The third kappa shape index (κ3) is 4.56. The molecule has 0 bridgehead atoms. The minimum Gasteiger partial charge on any atom is -0.490 e. The number of hydrogen-bond donors (Lipinski definition) is 0. The van der Waals surface area contributed by atoms with Crippen molar-refractivity contribution in [1.29, 1.82) is 0 Å². The van der Waals surface area contributed by atoms with Gasteiger partial charge in [-0.05, 0) is 62.1 Å². The van der Waals surface area contributed by atoms with Crippen LogP contribution in [0.15, 0.2) is 52.2 Å². The van der Waals surface area contributed by atoms with Crippen LogP contribution < -0.4 is 14.9 Å². The van der Waals surface area contributed by atoms with E-state index in [0.29, 0.717) is 60.8 Å². The molecule has 1 unspecified atom stereocenters. The molecule has 0 saturated carbocycles. The van der Waals surface area contributed by atoms with Gasteiger partial charge < -0.3 is 23.5 Å². The van der Waals surface area contributed by atoms with E-state index < -0.39 is 6.04 Å². The summed E-state index contributed by atoms with van der Waals surface area (Å²) in [5, 5.41) is 0.480. The van der Waals surface area contributed by atoms with Gasteiger partial charge in [-0.2, -0.15) is 0 Å². The first-order valence-electron chi connectivity index (χ1n) is 11.8. The number of carbonyl (C=O) groups is 1. The Hall–Kier alpha value is -3.58. The quantitative estimate of drug-likeness (QED) is 0.304. The fourth-order valence-corrected chi connectivity index (χ4v) is 4.66. The third-order valence-corrected chi connectivity index (χ3v) is 6.08. The number of methoxy groups -OCH3 is 1. The standard InChI is InChI=1S/C28H31NO6/c1-6-12-34-21-10-9-19(16-22(21)33-7-2)24-23-25(30)20-15-17(3)14-18(4)26(20)35-27(23)28(31)29(24)11-8-13-32-5/h6,9-10,14-16,24H,1,7-8,11-13H2,2-5H3. The molecule has 1 aromatic heterocycles. The molecular weight excluding hydrogens is 446 g/mol. The van der Waals surface area contributed by atoms with Gasteiger partial charge in [0, 0.05) is 20.3 Å². The van der Waals surface area contributed by atoms with Crippen molar-refractivity contribution in [1.82, 2.24) is 4.90 Å². The molecular formula is C28H31NO6. The predicted molar refractivity (Wildman–Crippen MR) is 135 cm³/mol. The van der Waals surface area contributed by atoms with Crippen LogP contribution in [0.2, 0.25) is 0 Å². The van der Waals surface area contributed by atoms with E-state index >= 15 is 0 Å². The van der Waals surface area contributed by atoms with Crippen LogP contribution in [0.3, 0.4) is 0 Å². The molecule has 7 nitrogen and oxygen atoms in total. The lowest BCUT2D eigenvalue weighted by Crippen LogP contribution is -2.31. The molecule has 0 aliphatic carbocycles. The second-order valence-electron chi connectivity index (χ2n) is 8.62. The van der Waals surface area contributed by atoms with Crippen molar-refractivity contribution >= 4 is 16.9 Å². The molecule has 4 rings (SSSR count). The predicted octanol–water partition coefficient (Wildman–Crippen LogP) is 4.96. The van der Waals surface area contributed by atoms with Gasteiger partial charge in [0.2, 0.25) is 5.76 Å². The lowest BCUT2D eigenvalue weighted by Gasteiger charge is -2.26. The van der Waals surface area contributed by atoms with Gasteiger partial charge >= 0.3 is 0 Å². The minimum absolute atomic E-state index is 0.0989. The number of rotatable bonds is 10. The molecule has 0 N–H and O–H groups in total. The summed E-state index contributed by atoms with van der Waals surface area (Å²) in [6.45, 7) is 11.1. The molecule has 184 valence electrons. The number of hydrogen-bond acceptors (Lipinski definition) is 6. The van der Waals surface area contributed by atoms with Gasteiger partial charge in [0.1, 0.15) is 12.2 Å². The summed E-state index contributed by atoms with van der Waals surface area (Å²) in [7, 11) is 1.62. The van der Waals surface area contributed by atoms with Gasteiger partial charge in [-0.25, -0.2) is 0 Å². The molecule has 0 fully saturated rings. The molecule has 35 heavy (non-hydrogen) atoms. The highest BCUT2D eigenvalue weighted by Crippen LogP contribution is 2.41. The Morgan fingerprint density at radius 3 is 2.63 bits per heavy atom. The Kier molecular flexibility index (Phi) is 7.26. The summed E-state index contributed by atoms with van der Waals surface area (Å²) in [4.78, 5) is 29.1. The summed E-state index contributed by atoms with van der Waals surface area (Å²) >= 11 is 0. The van der Waals surface area contributed by atoms with E-state index in [1.54, 1.807) is 24.2 Å². The van der Waals surface area contributed by atoms with Crippen molar-refractivity contribution in [3.63, 3.8) is 0 Å². The molecule has 0 spiro atoms. The maximum atomic E-state index is 13.8. The van der Waals surface area contributed by atoms with Crippen molar-refractivity contribution in [3.8, 4) is 11.5 Å². The van der Waals surface area contributed by atoms with Crippen LogP contribution in [0.5, 0.6) is 11.5 Å². The van der Waals surface area contributed by atoms with E-state index in [2.05, 4.69) is 6.58 Å². The van der Waals surface area contributed by atoms with Crippen LogP contribution in [-0.4, -0.2) is 44.3 Å². The first kappa shape index (κ1) is 24.5. The molecule has 2 aromatic carbocycles. The fraction of sp³-hybridized carbons (Fsp3) is 0.357. The average molecular weight is 478 g/mol. The Morgan fingerprint density at radius 1 is 1.11 bits per heavy atom. The number of ether oxygens (including phenoxy) is 3. The highest BCUT2D eigenvalue weighted by atomic mass is 16.5. The highest BCUT2D eigenvalue weighted by molar-refractivity contribution is 5.99. The molecule has 1 aliphatic heterocycles. The van der Waals surface area contributed by atoms with E-state index in [4.69, 9.17) is 18.6 Å². The third-order valence-electron chi connectivity index (χ3n) is 6.08. The van der Waals surface area contributed by atoms with E-state index in [1.165, 1.54) is 0 Å². The maximum Gasteiger partial charge on any atom is 0.290 e. The number of fused-ring (bicyclic) bond motifs is 2. The van der Waals surface area contributed by atoms with Crippen molar-refractivity contribution in [2.75, 3.05) is 33.5 Å². The van der Waals surface area contributed by atoms with Gasteiger partial charge in [-0.3, -0.25) is 9.59 Å². The van der Waals surface area contributed by atoms with Crippen molar-refractivity contribution < 1.29 is 23.4 Å². The lowest BCUT2D eigenvalue weighted by atomic mass is 9.97. The monoisotopic (exact) mass is 477 g/mol. The highest BCUT2D eigenvalue weighted by Gasteiger charge is 2.42. The zero-order valence-corrected chi connectivity index (χ0v) is 20.7. The average Bonchev–Trinajstić information content (AvgIpc) is 3.11. The molecule has 1 amide bonds. The van der Waals surface area contributed by atoms with Gasteiger partial charge in [-0.15, -0.1) is 0 Å². The van der Waals surface area contributed by atoms with Gasteiger partial charge in [-0.1, -0.05) is 24.8 Å². The second-order valence-corrected chi connectivity index (χ2v) is 8.62. The minimum atomic E-state index is -0.608. The Morgan fingerprint density at radius 2 is 1.91 bits per heavy atom. The van der Waals surface area contributed by atoms with E-state index in [1.807, 2.05) is 45.0 Å². The van der Waals surface area contributed by atoms with E-state index in [9.17, 15) is 9.59 Å². The van der Waals surface area contributed by atoms with Crippen LogP contribution >= 0.6 is 0 Å². The summed E-state index contributed by atoms with van der Waals surface area (Å²) in [5.41, 5.74) is 3.15. The molecule has 2 heterocycles. The fourth-order valence-electron chi connectivity index (χ4n) is 4.66. The van der Waals surface area contributed by atoms with Gasteiger partial charge in [0.25, 0.3) is 5.91 Å². The Labute approximate surface area is 204 Å². The summed E-state index contributed by atoms with van der Waals surface area (Å²) in [6, 6.07) is 8.66.